The van der Waals surface area contributed by atoms with Gasteiger partial charge in [-0.2, -0.15) is 0 Å². The van der Waals surface area contributed by atoms with Crippen molar-refractivity contribution in [3.63, 3.8) is 0 Å². The quantitative estimate of drug-likeness (QED) is 0.903. The number of methoxy groups -OCH3 is 1. The van der Waals surface area contributed by atoms with E-state index in [0.717, 1.165) is 11.3 Å². The van der Waals surface area contributed by atoms with Crippen LogP contribution in [-0.2, 0) is 5.41 Å². The van der Waals surface area contributed by atoms with E-state index in [-0.39, 0.29) is 11.3 Å². The smallest absolute Gasteiger partial charge is 0.251 e. The first-order chi connectivity index (χ1) is 10.4. The summed E-state index contributed by atoms with van der Waals surface area (Å²) in [5.41, 5.74) is 1.58. The maximum atomic E-state index is 12.2. The van der Waals surface area contributed by atoms with Gasteiger partial charge in [0.1, 0.15) is 5.75 Å². The molecule has 0 aromatic heterocycles. The number of benzene rings is 2. The molecule has 0 aliphatic heterocycles. The van der Waals surface area contributed by atoms with Gasteiger partial charge in [0, 0.05) is 22.5 Å². The van der Waals surface area contributed by atoms with Gasteiger partial charge >= 0.3 is 0 Å². The van der Waals surface area contributed by atoms with Gasteiger partial charge < -0.3 is 10.1 Å². The van der Waals surface area contributed by atoms with Crippen LogP contribution in [0.3, 0.4) is 0 Å². The molecule has 2 aromatic rings. The molecule has 116 valence electrons. The minimum absolute atomic E-state index is 0.0988. The average Bonchev–Trinajstić information content (AvgIpc) is 2.53. The maximum Gasteiger partial charge on any atom is 0.251 e. The molecule has 2 aromatic carbocycles. The van der Waals surface area contributed by atoms with Gasteiger partial charge in [-0.1, -0.05) is 37.6 Å². The molecule has 0 unspecified atom stereocenters. The normalized spacial score (nSPS) is 11.1. The van der Waals surface area contributed by atoms with Gasteiger partial charge in [0.05, 0.1) is 7.11 Å². The van der Waals surface area contributed by atoms with E-state index in [1.807, 2.05) is 24.3 Å². The van der Waals surface area contributed by atoms with E-state index in [4.69, 9.17) is 16.3 Å². The Kier molecular flexibility index (Phi) is 5.09. The highest BCUT2D eigenvalue weighted by Gasteiger charge is 2.21. The van der Waals surface area contributed by atoms with Crippen molar-refractivity contribution in [2.75, 3.05) is 13.7 Å². The lowest BCUT2D eigenvalue weighted by atomic mass is 9.84. The van der Waals surface area contributed by atoms with Gasteiger partial charge in [0.25, 0.3) is 5.91 Å². The summed E-state index contributed by atoms with van der Waals surface area (Å²) in [7, 11) is 1.65. The van der Waals surface area contributed by atoms with Crippen molar-refractivity contribution in [3.8, 4) is 5.75 Å². The summed E-state index contributed by atoms with van der Waals surface area (Å²) in [5.74, 6) is 0.725. The summed E-state index contributed by atoms with van der Waals surface area (Å²) in [6.07, 6.45) is 0. The second kappa shape index (κ2) is 6.84. The van der Waals surface area contributed by atoms with Crippen LogP contribution in [0.4, 0.5) is 0 Å². The van der Waals surface area contributed by atoms with Crippen molar-refractivity contribution < 1.29 is 9.53 Å². The fourth-order valence-electron chi connectivity index (χ4n) is 2.15. The van der Waals surface area contributed by atoms with Gasteiger partial charge in [-0.3, -0.25) is 4.79 Å². The molecule has 0 saturated carbocycles. The van der Waals surface area contributed by atoms with E-state index in [1.165, 1.54) is 0 Å². The van der Waals surface area contributed by atoms with E-state index in [0.29, 0.717) is 17.1 Å². The molecule has 0 atom stereocenters. The van der Waals surface area contributed by atoms with Crippen LogP contribution in [0.2, 0.25) is 5.02 Å². The van der Waals surface area contributed by atoms with Gasteiger partial charge in [0.15, 0.2) is 0 Å². The Balaban J connectivity index is 2.01. The number of ether oxygens (including phenoxy) is 1. The van der Waals surface area contributed by atoms with Crippen LogP contribution in [-0.4, -0.2) is 19.6 Å². The number of hydrogen-bond acceptors (Lipinski definition) is 2. The molecule has 0 aliphatic carbocycles. The van der Waals surface area contributed by atoms with Gasteiger partial charge in [-0.25, -0.2) is 0 Å². The first kappa shape index (κ1) is 16.4. The van der Waals surface area contributed by atoms with Crippen molar-refractivity contribution in [1.82, 2.24) is 5.32 Å². The lowest BCUT2D eigenvalue weighted by Crippen LogP contribution is -2.36. The van der Waals surface area contributed by atoms with E-state index in [9.17, 15) is 4.79 Å². The van der Waals surface area contributed by atoms with Crippen LogP contribution in [0, 0.1) is 0 Å². The van der Waals surface area contributed by atoms with Crippen molar-refractivity contribution in [2.24, 2.45) is 0 Å². The monoisotopic (exact) mass is 317 g/mol. The highest BCUT2D eigenvalue weighted by molar-refractivity contribution is 6.30. The van der Waals surface area contributed by atoms with E-state index < -0.39 is 0 Å². The third-order valence-corrected chi connectivity index (χ3v) is 3.92. The van der Waals surface area contributed by atoms with Crippen LogP contribution in [0.25, 0.3) is 0 Å². The highest BCUT2D eigenvalue weighted by atomic mass is 35.5. The lowest BCUT2D eigenvalue weighted by Gasteiger charge is -2.26. The minimum atomic E-state index is -0.172. The molecule has 22 heavy (non-hydrogen) atoms. The zero-order valence-corrected chi connectivity index (χ0v) is 13.8. The molecule has 0 saturated heterocycles. The molecule has 1 N–H and O–H groups in total. The third kappa shape index (κ3) is 4.01. The number of carbonyl (C=O) groups is 1. The topological polar surface area (TPSA) is 38.3 Å². The highest BCUT2D eigenvalue weighted by Crippen LogP contribution is 2.24. The number of halogens is 1. The van der Waals surface area contributed by atoms with E-state index in [1.54, 1.807) is 31.4 Å². The summed E-state index contributed by atoms with van der Waals surface area (Å²) in [5, 5.41) is 3.59. The summed E-state index contributed by atoms with van der Waals surface area (Å²) < 4.78 is 5.17. The van der Waals surface area contributed by atoms with Gasteiger partial charge in [-0.05, 0) is 42.0 Å². The second-order valence-corrected chi connectivity index (χ2v) is 6.24. The number of nitrogens with one attached hydrogen (secondary N) is 1. The molecular weight excluding hydrogens is 298 g/mol. The number of amides is 1. The molecule has 0 radical (unpaired) electrons. The first-order valence-corrected chi connectivity index (χ1v) is 7.48. The predicted molar refractivity (Wildman–Crippen MR) is 89.8 cm³/mol. The van der Waals surface area contributed by atoms with Crippen molar-refractivity contribution >= 4 is 17.5 Å². The van der Waals surface area contributed by atoms with Crippen LogP contribution in [0.5, 0.6) is 5.75 Å². The standard InChI is InChI=1S/C18H20ClNO2/c1-18(2,14-6-10-16(22-3)11-7-14)12-20-17(21)13-4-8-15(19)9-5-13/h4-11H,12H2,1-3H3,(H,20,21). The zero-order chi connectivity index (χ0) is 16.2. The molecule has 0 aliphatic rings. The first-order valence-electron chi connectivity index (χ1n) is 7.11. The zero-order valence-electron chi connectivity index (χ0n) is 13.0. The Morgan fingerprint density at radius 1 is 1.09 bits per heavy atom. The molecule has 3 nitrogen and oxygen atoms in total. The Labute approximate surface area is 136 Å². The maximum absolute atomic E-state index is 12.2. The van der Waals surface area contributed by atoms with Gasteiger partial charge in [0.2, 0.25) is 0 Å². The van der Waals surface area contributed by atoms with Gasteiger partial charge in [-0.15, -0.1) is 0 Å². The third-order valence-electron chi connectivity index (χ3n) is 3.67. The molecule has 2 rings (SSSR count). The average molecular weight is 318 g/mol. The SMILES string of the molecule is COc1ccc(C(C)(C)CNC(=O)c2ccc(Cl)cc2)cc1. The number of carbonyl (C=O) groups excluding carboxylic acids is 1. The molecule has 0 bridgehead atoms. The van der Waals surface area contributed by atoms with Crippen molar-refractivity contribution in [1.29, 1.82) is 0 Å². The van der Waals surface area contributed by atoms with Crippen LogP contribution in [0.1, 0.15) is 29.8 Å². The Bertz CT molecular complexity index is 633. The summed E-state index contributed by atoms with van der Waals surface area (Å²) in [6.45, 7) is 4.73. The summed E-state index contributed by atoms with van der Waals surface area (Å²) >= 11 is 5.83. The molecule has 4 heteroatoms. The summed E-state index contributed by atoms with van der Waals surface area (Å²) in [4.78, 5) is 12.2. The molecular formula is C18H20ClNO2. The fraction of sp³-hybridized carbons (Fsp3) is 0.278. The molecule has 0 spiro atoms. The molecule has 1 amide bonds. The van der Waals surface area contributed by atoms with Crippen molar-refractivity contribution in [3.05, 3.63) is 64.7 Å². The van der Waals surface area contributed by atoms with E-state index in [2.05, 4.69) is 19.2 Å². The Morgan fingerprint density at radius 3 is 2.23 bits per heavy atom. The van der Waals surface area contributed by atoms with E-state index >= 15 is 0 Å². The van der Waals surface area contributed by atoms with Crippen LogP contribution >= 0.6 is 11.6 Å². The fourth-order valence-corrected chi connectivity index (χ4v) is 2.27. The van der Waals surface area contributed by atoms with Crippen LogP contribution < -0.4 is 10.1 Å². The lowest BCUT2D eigenvalue weighted by molar-refractivity contribution is 0.0945. The minimum Gasteiger partial charge on any atom is -0.497 e. The number of hydrogen-bond donors (Lipinski definition) is 1. The molecule has 0 fully saturated rings. The Hall–Kier alpha value is -2.00. The Morgan fingerprint density at radius 2 is 1.68 bits per heavy atom. The molecule has 0 heterocycles. The number of rotatable bonds is 5. The van der Waals surface area contributed by atoms with Crippen molar-refractivity contribution in [2.45, 2.75) is 19.3 Å². The largest absolute Gasteiger partial charge is 0.497 e. The summed E-state index contributed by atoms with van der Waals surface area (Å²) in [6, 6.07) is 14.8. The predicted octanol–water partition coefficient (Wildman–Crippen LogP) is 4.06. The van der Waals surface area contributed by atoms with Crippen LogP contribution in [0.15, 0.2) is 48.5 Å². The second-order valence-electron chi connectivity index (χ2n) is 5.80.